The average Bonchev–Trinajstić information content (AvgIpc) is 2.70. The van der Waals surface area contributed by atoms with Gasteiger partial charge in [-0.25, -0.2) is 0 Å². The van der Waals surface area contributed by atoms with Gasteiger partial charge in [-0.1, -0.05) is 12.1 Å². The van der Waals surface area contributed by atoms with E-state index < -0.39 is 5.60 Å². The van der Waals surface area contributed by atoms with Gasteiger partial charge in [0.15, 0.2) is 5.78 Å². The minimum absolute atomic E-state index is 0.00333. The number of nitrogens with zero attached hydrogens (tertiary/aromatic N) is 1. The SMILES string of the molecule is C[C@@](O)(CNC(=O)CCC(=O)c1ccc2c(c1)CCCC2)CN1CCOCC1. The van der Waals surface area contributed by atoms with E-state index in [1.54, 1.807) is 6.92 Å². The number of aryl methyl sites for hydroxylation is 2. The number of ketones is 1. The minimum Gasteiger partial charge on any atom is -0.387 e. The summed E-state index contributed by atoms with van der Waals surface area (Å²) in [5.41, 5.74) is 2.33. The van der Waals surface area contributed by atoms with Crippen LogP contribution in [-0.4, -0.2) is 66.7 Å². The fraction of sp³-hybridized carbons (Fsp3) is 0.636. The molecular formula is C22H32N2O4. The van der Waals surface area contributed by atoms with Gasteiger partial charge in [-0.05, 0) is 49.8 Å². The van der Waals surface area contributed by atoms with Crippen molar-refractivity contribution >= 4 is 11.7 Å². The van der Waals surface area contributed by atoms with Crippen LogP contribution in [0, 0.1) is 0 Å². The van der Waals surface area contributed by atoms with Crippen molar-refractivity contribution in [3.8, 4) is 0 Å². The molecule has 6 heteroatoms. The molecule has 2 aliphatic rings. The Kier molecular flexibility index (Phi) is 7.21. The molecule has 1 saturated heterocycles. The van der Waals surface area contributed by atoms with Gasteiger partial charge in [0.1, 0.15) is 0 Å². The number of benzene rings is 1. The van der Waals surface area contributed by atoms with Crippen LogP contribution in [0.3, 0.4) is 0 Å². The summed E-state index contributed by atoms with van der Waals surface area (Å²) in [5, 5.41) is 13.3. The van der Waals surface area contributed by atoms with Crippen LogP contribution in [0.2, 0.25) is 0 Å². The quantitative estimate of drug-likeness (QED) is 0.663. The summed E-state index contributed by atoms with van der Waals surface area (Å²) >= 11 is 0. The highest BCUT2D eigenvalue weighted by Gasteiger charge is 2.26. The van der Waals surface area contributed by atoms with Gasteiger partial charge in [0.05, 0.1) is 18.8 Å². The van der Waals surface area contributed by atoms with Gasteiger partial charge >= 0.3 is 0 Å². The zero-order chi connectivity index (χ0) is 20.0. The molecule has 154 valence electrons. The molecule has 1 aromatic carbocycles. The maximum absolute atomic E-state index is 12.5. The predicted molar refractivity (Wildman–Crippen MR) is 108 cm³/mol. The van der Waals surface area contributed by atoms with Crippen LogP contribution in [-0.2, 0) is 22.4 Å². The van der Waals surface area contributed by atoms with Crippen molar-refractivity contribution in [2.75, 3.05) is 39.4 Å². The summed E-state index contributed by atoms with van der Waals surface area (Å²) < 4.78 is 5.31. The largest absolute Gasteiger partial charge is 0.387 e. The van der Waals surface area contributed by atoms with Gasteiger partial charge in [0.25, 0.3) is 0 Å². The van der Waals surface area contributed by atoms with Crippen LogP contribution < -0.4 is 5.32 Å². The van der Waals surface area contributed by atoms with Crippen LogP contribution in [0.25, 0.3) is 0 Å². The molecule has 0 spiro atoms. The third kappa shape index (κ3) is 6.12. The Labute approximate surface area is 167 Å². The number of nitrogens with one attached hydrogen (secondary N) is 1. The molecule has 0 aromatic heterocycles. The van der Waals surface area contributed by atoms with Crippen LogP contribution >= 0.6 is 0 Å². The fourth-order valence-electron chi connectivity index (χ4n) is 3.95. The first-order chi connectivity index (χ1) is 13.4. The normalized spacial score (nSPS) is 19.5. The van der Waals surface area contributed by atoms with E-state index in [0.717, 1.165) is 25.9 Å². The lowest BCUT2D eigenvalue weighted by atomic mass is 9.89. The molecule has 0 radical (unpaired) electrons. The van der Waals surface area contributed by atoms with E-state index in [4.69, 9.17) is 4.74 Å². The standard InChI is InChI=1S/C22H32N2O4/c1-22(27,16-24-10-12-28-13-11-24)15-23-21(26)9-8-20(25)19-7-6-17-4-2-3-5-18(17)14-19/h6-7,14,27H,2-5,8-13,15-16H2,1H3,(H,23,26)/t22-/m1/s1. The molecule has 1 amide bonds. The zero-order valence-corrected chi connectivity index (χ0v) is 16.8. The summed E-state index contributed by atoms with van der Waals surface area (Å²) in [7, 11) is 0. The van der Waals surface area contributed by atoms with Crippen LogP contribution in [0.4, 0.5) is 0 Å². The number of fused-ring (bicyclic) bond motifs is 1. The van der Waals surface area contributed by atoms with Crippen molar-refractivity contribution in [2.45, 2.75) is 51.0 Å². The molecule has 6 nitrogen and oxygen atoms in total. The molecule has 0 bridgehead atoms. The first kappa shape index (κ1) is 21.0. The lowest BCUT2D eigenvalue weighted by Gasteiger charge is -2.33. The van der Waals surface area contributed by atoms with Crippen LogP contribution in [0.15, 0.2) is 18.2 Å². The second kappa shape index (κ2) is 9.63. The molecular weight excluding hydrogens is 356 g/mol. The van der Waals surface area contributed by atoms with Crippen molar-refractivity contribution in [3.05, 3.63) is 34.9 Å². The summed E-state index contributed by atoms with van der Waals surface area (Å²) in [6.07, 6.45) is 4.86. The maximum Gasteiger partial charge on any atom is 0.220 e. The van der Waals surface area contributed by atoms with Gasteiger partial charge in [-0.3, -0.25) is 14.5 Å². The van der Waals surface area contributed by atoms with Crippen molar-refractivity contribution < 1.29 is 19.4 Å². The molecule has 28 heavy (non-hydrogen) atoms. The van der Waals surface area contributed by atoms with E-state index in [2.05, 4.69) is 16.3 Å². The summed E-state index contributed by atoms with van der Waals surface area (Å²) in [6, 6.07) is 5.95. The fourth-order valence-corrected chi connectivity index (χ4v) is 3.95. The number of ether oxygens (including phenoxy) is 1. The van der Waals surface area contributed by atoms with Crippen molar-refractivity contribution in [2.24, 2.45) is 0 Å². The molecule has 1 atom stereocenters. The Bertz CT molecular complexity index is 696. The highest BCUT2D eigenvalue weighted by Crippen LogP contribution is 2.23. The Morgan fingerprint density at radius 1 is 1.14 bits per heavy atom. The third-order valence-electron chi connectivity index (χ3n) is 5.58. The molecule has 1 aliphatic heterocycles. The number of hydrogen-bond acceptors (Lipinski definition) is 5. The number of β-amino-alcohol motifs (C(OH)–C–C–N with tert-alkyl or cyclic N) is 1. The second-order valence-corrected chi connectivity index (χ2v) is 8.28. The van der Waals surface area contributed by atoms with E-state index in [-0.39, 0.29) is 31.1 Å². The lowest BCUT2D eigenvalue weighted by Crippen LogP contribution is -2.51. The number of aliphatic hydroxyl groups is 1. The van der Waals surface area contributed by atoms with Crippen LogP contribution in [0.1, 0.15) is 54.1 Å². The average molecular weight is 389 g/mol. The molecule has 3 rings (SSSR count). The molecule has 0 unspecified atom stereocenters. The Balaban J connectivity index is 1.41. The number of amides is 1. The van der Waals surface area contributed by atoms with E-state index in [1.165, 1.54) is 24.0 Å². The molecule has 1 aromatic rings. The Morgan fingerprint density at radius 3 is 2.61 bits per heavy atom. The zero-order valence-electron chi connectivity index (χ0n) is 16.8. The third-order valence-corrected chi connectivity index (χ3v) is 5.58. The van der Waals surface area contributed by atoms with Crippen molar-refractivity contribution in [3.63, 3.8) is 0 Å². The first-order valence-corrected chi connectivity index (χ1v) is 10.4. The van der Waals surface area contributed by atoms with Gasteiger partial charge in [0.2, 0.25) is 5.91 Å². The van der Waals surface area contributed by atoms with E-state index in [9.17, 15) is 14.7 Å². The number of carbonyl (C=O) groups excluding carboxylic acids is 2. The molecule has 1 aliphatic carbocycles. The van der Waals surface area contributed by atoms with E-state index >= 15 is 0 Å². The number of carbonyl (C=O) groups is 2. The van der Waals surface area contributed by atoms with E-state index in [1.807, 2.05) is 12.1 Å². The molecule has 0 saturated carbocycles. The topological polar surface area (TPSA) is 78.9 Å². The first-order valence-electron chi connectivity index (χ1n) is 10.4. The number of hydrogen-bond donors (Lipinski definition) is 2. The highest BCUT2D eigenvalue weighted by molar-refractivity contribution is 5.98. The van der Waals surface area contributed by atoms with Crippen molar-refractivity contribution in [1.29, 1.82) is 0 Å². The van der Waals surface area contributed by atoms with Gasteiger partial charge in [-0.2, -0.15) is 0 Å². The number of rotatable bonds is 8. The number of morpholine rings is 1. The Morgan fingerprint density at radius 2 is 1.86 bits per heavy atom. The smallest absolute Gasteiger partial charge is 0.220 e. The highest BCUT2D eigenvalue weighted by atomic mass is 16.5. The summed E-state index contributed by atoms with van der Waals surface area (Å²) in [4.78, 5) is 26.7. The van der Waals surface area contributed by atoms with Gasteiger partial charge < -0.3 is 15.2 Å². The summed E-state index contributed by atoms with van der Waals surface area (Å²) in [5.74, 6) is -0.197. The number of Topliss-reactive ketones (excluding diaryl/α,β-unsaturated/α-hetero) is 1. The minimum atomic E-state index is -1.00. The van der Waals surface area contributed by atoms with Gasteiger partial charge in [0, 0.05) is 44.6 Å². The van der Waals surface area contributed by atoms with Gasteiger partial charge in [-0.15, -0.1) is 0 Å². The molecule has 1 heterocycles. The summed E-state index contributed by atoms with van der Waals surface area (Å²) in [6.45, 7) is 5.32. The molecule has 2 N–H and O–H groups in total. The van der Waals surface area contributed by atoms with Crippen molar-refractivity contribution in [1.82, 2.24) is 10.2 Å². The molecule has 1 fully saturated rings. The Hall–Kier alpha value is -1.76. The predicted octanol–water partition coefficient (Wildman–Crippen LogP) is 1.73. The monoisotopic (exact) mass is 388 g/mol. The second-order valence-electron chi connectivity index (χ2n) is 8.28. The van der Waals surface area contributed by atoms with E-state index in [0.29, 0.717) is 25.3 Å². The maximum atomic E-state index is 12.5. The lowest BCUT2D eigenvalue weighted by molar-refractivity contribution is -0.122. The van der Waals surface area contributed by atoms with Crippen LogP contribution in [0.5, 0.6) is 0 Å².